The van der Waals surface area contributed by atoms with Gasteiger partial charge in [-0.2, -0.15) is 0 Å². The van der Waals surface area contributed by atoms with Crippen LogP contribution in [-0.2, 0) is 9.53 Å². The zero-order valence-corrected chi connectivity index (χ0v) is 9.69. The zero-order chi connectivity index (χ0) is 11.5. The lowest BCUT2D eigenvalue weighted by molar-refractivity contribution is -0.141. The van der Waals surface area contributed by atoms with Crippen molar-refractivity contribution in [3.63, 3.8) is 0 Å². The maximum atomic E-state index is 11.0. The molecule has 0 aromatic heterocycles. The van der Waals surface area contributed by atoms with Crippen LogP contribution in [0.2, 0.25) is 0 Å². The van der Waals surface area contributed by atoms with Crippen LogP contribution in [0.5, 0.6) is 0 Å². The molecule has 0 amide bonds. The minimum Gasteiger partial charge on any atom is -0.480 e. The second-order valence-corrected chi connectivity index (χ2v) is 4.76. The molecule has 2 N–H and O–H groups in total. The SMILES string of the molecule is COCC(NC1CN2CCC1CC2)C(=O)O. The van der Waals surface area contributed by atoms with Crippen LogP contribution in [0.3, 0.4) is 0 Å². The van der Waals surface area contributed by atoms with Crippen molar-refractivity contribution in [2.75, 3.05) is 33.4 Å². The average Bonchev–Trinajstić information content (AvgIpc) is 2.30. The van der Waals surface area contributed by atoms with Crippen LogP contribution in [0, 0.1) is 5.92 Å². The molecule has 0 aromatic rings. The fraction of sp³-hybridized carbons (Fsp3) is 0.909. The van der Waals surface area contributed by atoms with E-state index < -0.39 is 12.0 Å². The molecule has 3 aliphatic rings. The Bertz CT molecular complexity index is 252. The molecule has 3 fully saturated rings. The predicted octanol–water partition coefficient (Wildman–Crippen LogP) is -0.230. The average molecular weight is 228 g/mol. The van der Waals surface area contributed by atoms with Gasteiger partial charge in [-0.15, -0.1) is 0 Å². The van der Waals surface area contributed by atoms with Crippen LogP contribution < -0.4 is 5.32 Å². The van der Waals surface area contributed by atoms with E-state index in [1.54, 1.807) is 0 Å². The summed E-state index contributed by atoms with van der Waals surface area (Å²) in [6.07, 6.45) is 2.38. The van der Waals surface area contributed by atoms with Crippen molar-refractivity contribution in [1.29, 1.82) is 0 Å². The molecular weight excluding hydrogens is 208 g/mol. The van der Waals surface area contributed by atoms with Crippen LogP contribution in [0.1, 0.15) is 12.8 Å². The van der Waals surface area contributed by atoms with Gasteiger partial charge in [-0.3, -0.25) is 10.1 Å². The van der Waals surface area contributed by atoms with Gasteiger partial charge in [0, 0.05) is 19.7 Å². The highest BCUT2D eigenvalue weighted by atomic mass is 16.5. The number of rotatable bonds is 5. The molecule has 3 heterocycles. The third-order valence-corrected chi connectivity index (χ3v) is 3.70. The van der Waals surface area contributed by atoms with E-state index in [9.17, 15) is 4.79 Å². The number of hydrogen-bond donors (Lipinski definition) is 2. The summed E-state index contributed by atoms with van der Waals surface area (Å²) in [5, 5.41) is 12.3. The highest BCUT2D eigenvalue weighted by molar-refractivity contribution is 5.73. The Balaban J connectivity index is 1.90. The second kappa shape index (κ2) is 5.12. The lowest BCUT2D eigenvalue weighted by Gasteiger charge is -2.45. The summed E-state index contributed by atoms with van der Waals surface area (Å²) in [7, 11) is 1.54. The number of carbonyl (C=O) groups is 1. The summed E-state index contributed by atoms with van der Waals surface area (Å²) in [5.74, 6) is -0.179. The molecule has 0 saturated carbocycles. The molecular formula is C11H20N2O3. The Kier molecular flexibility index (Phi) is 3.78. The largest absolute Gasteiger partial charge is 0.480 e. The molecule has 0 aromatic carbocycles. The molecule has 5 heteroatoms. The van der Waals surface area contributed by atoms with Crippen LogP contribution in [0.15, 0.2) is 0 Å². The Labute approximate surface area is 95.8 Å². The highest BCUT2D eigenvalue weighted by Gasteiger charge is 2.36. The van der Waals surface area contributed by atoms with Crippen molar-refractivity contribution in [2.24, 2.45) is 5.92 Å². The van der Waals surface area contributed by atoms with E-state index in [1.165, 1.54) is 33.0 Å². The van der Waals surface area contributed by atoms with Gasteiger partial charge in [-0.05, 0) is 31.8 Å². The first kappa shape index (κ1) is 11.8. The van der Waals surface area contributed by atoms with Gasteiger partial charge in [0.1, 0.15) is 6.04 Å². The topological polar surface area (TPSA) is 61.8 Å². The first-order valence-electron chi connectivity index (χ1n) is 5.91. The first-order chi connectivity index (χ1) is 7.70. The highest BCUT2D eigenvalue weighted by Crippen LogP contribution is 2.27. The van der Waals surface area contributed by atoms with Gasteiger partial charge in [-0.1, -0.05) is 0 Å². The van der Waals surface area contributed by atoms with Crippen molar-refractivity contribution in [3.8, 4) is 0 Å². The van der Waals surface area contributed by atoms with E-state index in [0.717, 1.165) is 6.54 Å². The maximum Gasteiger partial charge on any atom is 0.323 e. The molecule has 3 aliphatic heterocycles. The molecule has 92 valence electrons. The molecule has 16 heavy (non-hydrogen) atoms. The van der Waals surface area contributed by atoms with Gasteiger partial charge in [0.25, 0.3) is 0 Å². The van der Waals surface area contributed by atoms with Gasteiger partial charge in [0.05, 0.1) is 6.61 Å². The van der Waals surface area contributed by atoms with Crippen LogP contribution >= 0.6 is 0 Å². The smallest absolute Gasteiger partial charge is 0.323 e. The Morgan fingerprint density at radius 3 is 2.69 bits per heavy atom. The van der Waals surface area contributed by atoms with E-state index in [2.05, 4.69) is 10.2 Å². The van der Waals surface area contributed by atoms with E-state index in [0.29, 0.717) is 12.0 Å². The third kappa shape index (κ3) is 2.53. The number of methoxy groups -OCH3 is 1. The minimum atomic E-state index is -0.821. The quantitative estimate of drug-likeness (QED) is 0.680. The normalized spacial score (nSPS) is 34.9. The summed E-state index contributed by atoms with van der Waals surface area (Å²) in [6.45, 7) is 3.56. The number of fused-ring (bicyclic) bond motifs is 3. The van der Waals surface area contributed by atoms with Crippen molar-refractivity contribution in [3.05, 3.63) is 0 Å². The summed E-state index contributed by atoms with van der Waals surface area (Å²) in [4.78, 5) is 13.4. The Morgan fingerprint density at radius 2 is 2.25 bits per heavy atom. The van der Waals surface area contributed by atoms with E-state index in [-0.39, 0.29) is 6.61 Å². The Hall–Kier alpha value is -0.650. The molecule has 5 nitrogen and oxygen atoms in total. The second-order valence-electron chi connectivity index (χ2n) is 4.76. The number of aliphatic carboxylic acids is 1. The zero-order valence-electron chi connectivity index (χ0n) is 9.69. The van der Waals surface area contributed by atoms with E-state index in [4.69, 9.17) is 9.84 Å². The fourth-order valence-electron chi connectivity index (χ4n) is 2.77. The number of hydrogen-bond acceptors (Lipinski definition) is 4. The lowest BCUT2D eigenvalue weighted by atomic mass is 9.83. The van der Waals surface area contributed by atoms with E-state index >= 15 is 0 Å². The maximum absolute atomic E-state index is 11.0. The molecule has 0 radical (unpaired) electrons. The van der Waals surface area contributed by atoms with Crippen molar-refractivity contribution in [2.45, 2.75) is 24.9 Å². The number of carboxylic acid groups (broad SMARTS) is 1. The van der Waals surface area contributed by atoms with Crippen LogP contribution in [0.4, 0.5) is 0 Å². The first-order valence-corrected chi connectivity index (χ1v) is 5.91. The predicted molar refractivity (Wildman–Crippen MR) is 59.4 cm³/mol. The molecule has 0 spiro atoms. The summed E-state index contributed by atoms with van der Waals surface area (Å²) >= 11 is 0. The van der Waals surface area contributed by atoms with Gasteiger partial charge >= 0.3 is 5.97 Å². The Morgan fingerprint density at radius 1 is 1.56 bits per heavy atom. The van der Waals surface area contributed by atoms with Gasteiger partial charge in [0.2, 0.25) is 0 Å². The van der Waals surface area contributed by atoms with Crippen LogP contribution in [-0.4, -0.2) is 61.4 Å². The number of piperidine rings is 3. The van der Waals surface area contributed by atoms with Crippen molar-refractivity contribution in [1.82, 2.24) is 10.2 Å². The molecule has 3 rings (SSSR count). The third-order valence-electron chi connectivity index (χ3n) is 3.70. The van der Waals surface area contributed by atoms with Crippen LogP contribution in [0.25, 0.3) is 0 Å². The van der Waals surface area contributed by atoms with Crippen molar-refractivity contribution < 1.29 is 14.6 Å². The molecule has 0 aliphatic carbocycles. The fourth-order valence-corrected chi connectivity index (χ4v) is 2.77. The number of nitrogens with one attached hydrogen (secondary N) is 1. The summed E-state index contributed by atoms with van der Waals surface area (Å²) < 4.78 is 4.93. The molecule has 2 bridgehead atoms. The molecule has 3 saturated heterocycles. The lowest BCUT2D eigenvalue weighted by Crippen LogP contribution is -2.59. The number of ether oxygens (including phenoxy) is 1. The number of carboxylic acids is 1. The van der Waals surface area contributed by atoms with Crippen molar-refractivity contribution >= 4 is 5.97 Å². The summed E-state index contributed by atoms with van der Waals surface area (Å²) in [5.41, 5.74) is 0. The van der Waals surface area contributed by atoms with E-state index in [1.807, 2.05) is 0 Å². The number of nitrogens with zero attached hydrogens (tertiary/aromatic N) is 1. The molecule has 2 unspecified atom stereocenters. The van der Waals surface area contributed by atoms with Gasteiger partial charge in [-0.25, -0.2) is 0 Å². The minimum absolute atomic E-state index is 0.235. The van der Waals surface area contributed by atoms with Gasteiger partial charge in [0.15, 0.2) is 0 Å². The monoisotopic (exact) mass is 228 g/mol. The van der Waals surface area contributed by atoms with Gasteiger partial charge < -0.3 is 14.7 Å². The standard InChI is InChI=1S/C11H20N2O3/c1-16-7-10(11(14)15)12-9-6-13-4-2-8(9)3-5-13/h8-10,12H,2-7H2,1H3,(H,14,15). The molecule has 2 atom stereocenters. The summed E-state index contributed by atoms with van der Waals surface area (Å²) in [6, 6.07) is -0.255.